The Labute approximate surface area is 179 Å². The Morgan fingerprint density at radius 1 is 1.17 bits per heavy atom. The van der Waals surface area contributed by atoms with Gasteiger partial charge in [0.2, 0.25) is 5.91 Å². The van der Waals surface area contributed by atoms with Crippen molar-refractivity contribution in [2.24, 2.45) is 0 Å². The van der Waals surface area contributed by atoms with Crippen LogP contribution >= 0.6 is 11.3 Å². The fourth-order valence-electron chi connectivity index (χ4n) is 3.58. The molecule has 1 fully saturated rings. The molecule has 0 spiro atoms. The third-order valence-electron chi connectivity index (χ3n) is 5.12. The van der Waals surface area contributed by atoms with Crippen molar-refractivity contribution in [3.8, 4) is 0 Å². The first-order chi connectivity index (χ1) is 14.5. The second kappa shape index (κ2) is 10.8. The van der Waals surface area contributed by atoms with Gasteiger partial charge in [0.15, 0.2) is 0 Å². The van der Waals surface area contributed by atoms with Gasteiger partial charge in [-0.1, -0.05) is 6.07 Å². The minimum Gasteiger partial charge on any atom is -0.385 e. The molecular weight excluding hydrogens is 409 g/mol. The number of halogens is 1. The SMILES string of the molecule is COCCCNC(=O)CN1CCN(C(=O)c2sc3cccc(F)c3c2COC)CC1. The third kappa shape index (κ3) is 5.34. The summed E-state index contributed by atoms with van der Waals surface area (Å²) in [5.41, 5.74) is 0.610. The molecule has 0 saturated carbocycles. The number of ether oxygens (including phenoxy) is 2. The van der Waals surface area contributed by atoms with Crippen LogP contribution in [0.15, 0.2) is 18.2 Å². The number of thiophene rings is 1. The molecule has 0 bridgehead atoms. The van der Waals surface area contributed by atoms with Crippen LogP contribution in [0.4, 0.5) is 4.39 Å². The molecule has 2 amide bonds. The summed E-state index contributed by atoms with van der Waals surface area (Å²) < 4.78 is 25.3. The molecule has 1 N–H and O–H groups in total. The lowest BCUT2D eigenvalue weighted by Gasteiger charge is -2.34. The van der Waals surface area contributed by atoms with Gasteiger partial charge < -0.3 is 19.7 Å². The number of rotatable bonds is 9. The molecule has 9 heteroatoms. The van der Waals surface area contributed by atoms with Gasteiger partial charge in [0.25, 0.3) is 5.91 Å². The highest BCUT2D eigenvalue weighted by atomic mass is 32.1. The van der Waals surface area contributed by atoms with E-state index in [4.69, 9.17) is 9.47 Å². The van der Waals surface area contributed by atoms with E-state index in [9.17, 15) is 14.0 Å². The lowest BCUT2D eigenvalue weighted by Crippen LogP contribution is -2.51. The smallest absolute Gasteiger partial charge is 0.264 e. The normalized spacial score (nSPS) is 15.0. The molecule has 2 heterocycles. The van der Waals surface area contributed by atoms with E-state index in [0.29, 0.717) is 61.7 Å². The number of carbonyl (C=O) groups is 2. The Balaban J connectivity index is 1.60. The van der Waals surface area contributed by atoms with E-state index in [2.05, 4.69) is 5.32 Å². The molecule has 1 aromatic heterocycles. The molecule has 3 rings (SSSR count). The number of nitrogens with zero attached hydrogens (tertiary/aromatic N) is 2. The number of fused-ring (bicyclic) bond motifs is 1. The molecule has 2 aromatic rings. The van der Waals surface area contributed by atoms with Crippen molar-refractivity contribution in [2.45, 2.75) is 13.0 Å². The van der Waals surface area contributed by atoms with Gasteiger partial charge in [-0.25, -0.2) is 4.39 Å². The minimum absolute atomic E-state index is 0.0201. The van der Waals surface area contributed by atoms with Gasteiger partial charge in [-0.3, -0.25) is 14.5 Å². The molecule has 164 valence electrons. The van der Waals surface area contributed by atoms with E-state index in [0.717, 1.165) is 11.1 Å². The highest BCUT2D eigenvalue weighted by Crippen LogP contribution is 2.34. The van der Waals surface area contributed by atoms with Crippen LogP contribution in [-0.4, -0.2) is 81.7 Å². The zero-order chi connectivity index (χ0) is 21.5. The monoisotopic (exact) mass is 437 g/mol. The Bertz CT molecular complexity index is 881. The standard InChI is InChI=1S/C21H28FN3O4S/c1-28-12-4-7-23-18(26)13-24-8-10-25(11-9-24)21(27)20-15(14-29-2)19-16(22)5-3-6-17(19)30-20/h3,5-6H,4,7-14H2,1-2H3,(H,23,26). The van der Waals surface area contributed by atoms with E-state index < -0.39 is 0 Å². The van der Waals surface area contributed by atoms with Crippen LogP contribution in [0.5, 0.6) is 0 Å². The van der Waals surface area contributed by atoms with Crippen LogP contribution in [0.1, 0.15) is 21.7 Å². The largest absolute Gasteiger partial charge is 0.385 e. The van der Waals surface area contributed by atoms with Gasteiger partial charge in [0.1, 0.15) is 5.82 Å². The second-order valence-corrected chi connectivity index (χ2v) is 8.27. The third-order valence-corrected chi connectivity index (χ3v) is 6.31. The molecule has 0 aliphatic carbocycles. The number of hydrogen-bond acceptors (Lipinski definition) is 6. The maximum Gasteiger partial charge on any atom is 0.264 e. The number of nitrogens with one attached hydrogen (secondary N) is 1. The molecule has 1 aliphatic heterocycles. The van der Waals surface area contributed by atoms with E-state index in [-0.39, 0.29) is 24.2 Å². The minimum atomic E-state index is -0.337. The Morgan fingerprint density at radius 3 is 2.63 bits per heavy atom. The summed E-state index contributed by atoms with van der Waals surface area (Å²) in [6, 6.07) is 4.88. The van der Waals surface area contributed by atoms with Gasteiger partial charge in [-0.05, 0) is 18.6 Å². The summed E-state index contributed by atoms with van der Waals surface area (Å²) in [5.74, 6) is -0.462. The van der Waals surface area contributed by atoms with E-state index in [1.807, 2.05) is 11.0 Å². The first kappa shape index (κ1) is 22.6. The van der Waals surface area contributed by atoms with Crippen LogP contribution in [-0.2, 0) is 20.9 Å². The number of benzene rings is 1. The van der Waals surface area contributed by atoms with Crippen molar-refractivity contribution in [1.29, 1.82) is 0 Å². The predicted molar refractivity (Wildman–Crippen MR) is 114 cm³/mol. The van der Waals surface area contributed by atoms with E-state index in [1.165, 1.54) is 24.5 Å². The van der Waals surface area contributed by atoms with Crippen molar-refractivity contribution < 1.29 is 23.5 Å². The van der Waals surface area contributed by atoms with E-state index >= 15 is 0 Å². The summed E-state index contributed by atoms with van der Waals surface area (Å²) in [6.07, 6.45) is 0.782. The zero-order valence-electron chi connectivity index (χ0n) is 17.4. The van der Waals surface area contributed by atoms with Crippen LogP contribution in [0.2, 0.25) is 0 Å². The number of amides is 2. The first-order valence-corrected chi connectivity index (χ1v) is 10.8. The molecule has 0 atom stereocenters. The second-order valence-electron chi connectivity index (χ2n) is 7.22. The Hall–Kier alpha value is -2.07. The predicted octanol–water partition coefficient (Wildman–Crippen LogP) is 2.10. The summed E-state index contributed by atoms with van der Waals surface area (Å²) in [6.45, 7) is 4.01. The van der Waals surface area contributed by atoms with Gasteiger partial charge >= 0.3 is 0 Å². The van der Waals surface area contributed by atoms with Crippen LogP contribution < -0.4 is 5.32 Å². The van der Waals surface area contributed by atoms with Gasteiger partial charge in [-0.15, -0.1) is 11.3 Å². The molecule has 30 heavy (non-hydrogen) atoms. The summed E-state index contributed by atoms with van der Waals surface area (Å²) in [5, 5.41) is 3.35. The number of methoxy groups -OCH3 is 2. The van der Waals surface area contributed by atoms with Gasteiger partial charge in [-0.2, -0.15) is 0 Å². The summed E-state index contributed by atoms with van der Waals surface area (Å²) in [7, 11) is 3.17. The van der Waals surface area contributed by atoms with Gasteiger partial charge in [0, 0.05) is 69.2 Å². The lowest BCUT2D eigenvalue weighted by atomic mass is 10.1. The molecule has 7 nitrogen and oxygen atoms in total. The maximum atomic E-state index is 14.4. The molecule has 1 saturated heterocycles. The number of piperazine rings is 1. The highest BCUT2D eigenvalue weighted by Gasteiger charge is 2.27. The zero-order valence-corrected chi connectivity index (χ0v) is 18.2. The number of carbonyl (C=O) groups excluding carboxylic acids is 2. The summed E-state index contributed by atoms with van der Waals surface area (Å²) >= 11 is 1.31. The Kier molecular flexibility index (Phi) is 8.15. The van der Waals surface area contributed by atoms with Crippen molar-refractivity contribution >= 4 is 33.2 Å². The highest BCUT2D eigenvalue weighted by molar-refractivity contribution is 7.21. The average molecular weight is 438 g/mol. The molecular formula is C21H28FN3O4S. The van der Waals surface area contributed by atoms with Crippen molar-refractivity contribution in [1.82, 2.24) is 15.1 Å². The van der Waals surface area contributed by atoms with Crippen molar-refractivity contribution in [3.63, 3.8) is 0 Å². The first-order valence-electron chi connectivity index (χ1n) is 10.0. The van der Waals surface area contributed by atoms with E-state index in [1.54, 1.807) is 18.1 Å². The fraction of sp³-hybridized carbons (Fsp3) is 0.524. The lowest BCUT2D eigenvalue weighted by molar-refractivity contribution is -0.122. The van der Waals surface area contributed by atoms with Crippen molar-refractivity contribution in [3.05, 3.63) is 34.5 Å². The molecule has 0 unspecified atom stereocenters. The quantitative estimate of drug-likeness (QED) is 0.609. The molecule has 1 aromatic carbocycles. The molecule has 1 aliphatic rings. The van der Waals surface area contributed by atoms with Crippen LogP contribution in [0.25, 0.3) is 10.1 Å². The number of hydrogen-bond donors (Lipinski definition) is 1. The summed E-state index contributed by atoms with van der Waals surface area (Å²) in [4.78, 5) is 29.5. The fourth-order valence-corrected chi connectivity index (χ4v) is 4.77. The maximum absolute atomic E-state index is 14.4. The van der Waals surface area contributed by atoms with Crippen LogP contribution in [0.3, 0.4) is 0 Å². The molecule has 0 radical (unpaired) electrons. The average Bonchev–Trinajstić information content (AvgIpc) is 3.11. The topological polar surface area (TPSA) is 71.1 Å². The van der Waals surface area contributed by atoms with Gasteiger partial charge in [0.05, 0.1) is 18.0 Å². The van der Waals surface area contributed by atoms with Crippen molar-refractivity contribution in [2.75, 3.05) is 60.1 Å². The van der Waals surface area contributed by atoms with Crippen LogP contribution in [0, 0.1) is 5.82 Å². The Morgan fingerprint density at radius 2 is 1.93 bits per heavy atom.